The number of halogens is 2. The summed E-state index contributed by atoms with van der Waals surface area (Å²) in [6.45, 7) is 2.80. The molecule has 0 atom stereocenters. The van der Waals surface area contributed by atoms with Gasteiger partial charge in [-0.25, -0.2) is 0 Å². The summed E-state index contributed by atoms with van der Waals surface area (Å²) in [4.78, 5) is 26.1. The maximum Gasteiger partial charge on any atom is 0.253 e. The van der Waals surface area contributed by atoms with Gasteiger partial charge in [-0.3, -0.25) is 9.59 Å². The zero-order valence-electron chi connectivity index (χ0n) is 22.5. The third-order valence-corrected chi connectivity index (χ3v) is 6.72. The number of benzene rings is 3. The Morgan fingerprint density at radius 2 is 1.31 bits per heavy atom. The minimum absolute atomic E-state index is 0.367. The lowest BCUT2D eigenvalue weighted by Crippen LogP contribution is -2.41. The quantitative estimate of drug-likeness (QED) is 0.143. The second-order valence-corrected chi connectivity index (χ2v) is 10.2. The Bertz CT molecular complexity index is 1180. The van der Waals surface area contributed by atoms with Gasteiger partial charge in [0.25, 0.3) is 11.8 Å². The number of carbonyl (C=O) groups is 2. The lowest BCUT2D eigenvalue weighted by molar-refractivity contribution is 0.0883. The average molecular weight is 572 g/mol. The fraction of sp³-hybridized carbons (Fsp3) is 0.355. The molecule has 39 heavy (non-hydrogen) atoms. The van der Waals surface area contributed by atoms with Crippen LogP contribution in [0.25, 0.3) is 0 Å². The van der Waals surface area contributed by atoms with E-state index < -0.39 is 18.0 Å². The van der Waals surface area contributed by atoms with E-state index in [0.717, 1.165) is 12.8 Å². The molecule has 0 fully saturated rings. The SMILES string of the molecule is CCCCCCCCCOc1ccc(C(NC(=O)c2cccc(Cl)c2)NC(=O)c2cccc(Cl)c2)cc1OC. The zero-order chi connectivity index (χ0) is 28.0. The van der Waals surface area contributed by atoms with E-state index in [4.69, 9.17) is 32.7 Å². The Kier molecular flexibility index (Phi) is 12.5. The summed E-state index contributed by atoms with van der Waals surface area (Å²) in [5, 5.41) is 6.64. The van der Waals surface area contributed by atoms with Crippen LogP contribution in [0.4, 0.5) is 0 Å². The van der Waals surface area contributed by atoms with Crippen LogP contribution in [-0.4, -0.2) is 25.5 Å². The van der Waals surface area contributed by atoms with E-state index in [0.29, 0.717) is 44.8 Å². The number of methoxy groups -OCH3 is 1. The Hall–Kier alpha value is -3.22. The lowest BCUT2D eigenvalue weighted by Gasteiger charge is -2.22. The van der Waals surface area contributed by atoms with Crippen LogP contribution in [0.15, 0.2) is 66.7 Å². The van der Waals surface area contributed by atoms with Crippen molar-refractivity contribution in [1.29, 1.82) is 0 Å². The molecular weight excluding hydrogens is 535 g/mol. The first-order chi connectivity index (χ1) is 18.9. The van der Waals surface area contributed by atoms with Gasteiger partial charge in [-0.15, -0.1) is 0 Å². The van der Waals surface area contributed by atoms with Crippen LogP contribution in [0.5, 0.6) is 11.5 Å². The van der Waals surface area contributed by atoms with Gasteiger partial charge in [0.05, 0.1) is 13.7 Å². The Balaban J connectivity index is 1.74. The van der Waals surface area contributed by atoms with Gasteiger partial charge in [-0.05, 0) is 60.5 Å². The predicted octanol–water partition coefficient (Wildman–Crippen LogP) is 7.99. The van der Waals surface area contributed by atoms with E-state index >= 15 is 0 Å². The minimum atomic E-state index is -0.867. The molecule has 0 heterocycles. The van der Waals surface area contributed by atoms with Crippen LogP contribution in [0.3, 0.4) is 0 Å². The number of hydrogen-bond acceptors (Lipinski definition) is 4. The number of rotatable bonds is 15. The second kappa shape index (κ2) is 16.0. The van der Waals surface area contributed by atoms with Crippen molar-refractivity contribution in [3.05, 3.63) is 93.5 Å². The van der Waals surface area contributed by atoms with Gasteiger partial charge < -0.3 is 20.1 Å². The number of carbonyl (C=O) groups excluding carboxylic acids is 2. The topological polar surface area (TPSA) is 76.7 Å². The molecule has 3 aromatic rings. The number of amides is 2. The maximum atomic E-state index is 13.1. The summed E-state index contributed by atoms with van der Waals surface area (Å²) in [5.41, 5.74) is 1.35. The molecule has 0 spiro atoms. The van der Waals surface area contributed by atoms with Crippen LogP contribution in [0, 0.1) is 0 Å². The van der Waals surface area contributed by atoms with Crippen molar-refractivity contribution in [3.8, 4) is 11.5 Å². The van der Waals surface area contributed by atoms with Crippen molar-refractivity contribution in [2.75, 3.05) is 13.7 Å². The van der Waals surface area contributed by atoms with Crippen molar-refractivity contribution < 1.29 is 19.1 Å². The summed E-state index contributed by atoms with van der Waals surface area (Å²) in [5.74, 6) is 0.321. The fourth-order valence-corrected chi connectivity index (χ4v) is 4.50. The molecule has 2 amide bonds. The molecule has 0 aliphatic carbocycles. The van der Waals surface area contributed by atoms with Crippen LogP contribution in [0.1, 0.15) is 84.3 Å². The van der Waals surface area contributed by atoms with Gasteiger partial charge >= 0.3 is 0 Å². The molecule has 3 aromatic carbocycles. The van der Waals surface area contributed by atoms with Gasteiger partial charge in [0, 0.05) is 21.2 Å². The van der Waals surface area contributed by atoms with Crippen molar-refractivity contribution in [1.82, 2.24) is 10.6 Å². The van der Waals surface area contributed by atoms with E-state index in [1.54, 1.807) is 73.8 Å². The standard InChI is InChI=1S/C31H36Cl2N2O4/c1-3-4-5-6-7-8-9-18-39-27-17-16-22(21-28(27)38-2)29(34-30(36)23-12-10-14-25(32)19-23)35-31(37)24-13-11-15-26(33)20-24/h10-17,19-21,29H,3-9,18H2,1-2H3,(H,34,36)(H,35,37). The van der Waals surface area contributed by atoms with Gasteiger partial charge in [0.15, 0.2) is 11.5 Å². The van der Waals surface area contributed by atoms with Crippen LogP contribution < -0.4 is 20.1 Å². The van der Waals surface area contributed by atoms with Gasteiger partial charge in [-0.1, -0.05) is 86.8 Å². The monoisotopic (exact) mass is 570 g/mol. The van der Waals surface area contributed by atoms with Crippen molar-refractivity contribution in [2.24, 2.45) is 0 Å². The number of ether oxygens (including phenoxy) is 2. The molecule has 0 radical (unpaired) electrons. The van der Waals surface area contributed by atoms with Crippen molar-refractivity contribution in [2.45, 2.75) is 58.0 Å². The third kappa shape index (κ3) is 9.79. The van der Waals surface area contributed by atoms with Crippen LogP contribution in [-0.2, 0) is 0 Å². The molecule has 0 unspecified atom stereocenters. The molecule has 208 valence electrons. The Labute approximate surface area is 241 Å². The summed E-state index contributed by atoms with van der Waals surface area (Å²) in [6.07, 6.45) is 7.51. The van der Waals surface area contributed by atoms with Gasteiger partial charge in [-0.2, -0.15) is 0 Å². The molecule has 0 aliphatic rings. The highest BCUT2D eigenvalue weighted by Crippen LogP contribution is 2.30. The smallest absolute Gasteiger partial charge is 0.253 e. The highest BCUT2D eigenvalue weighted by molar-refractivity contribution is 6.31. The molecule has 6 nitrogen and oxygen atoms in total. The highest BCUT2D eigenvalue weighted by atomic mass is 35.5. The summed E-state index contributed by atoms with van der Waals surface area (Å²) >= 11 is 12.2. The molecule has 0 bridgehead atoms. The first-order valence-corrected chi connectivity index (χ1v) is 14.1. The lowest BCUT2D eigenvalue weighted by atomic mass is 10.1. The van der Waals surface area contributed by atoms with Crippen LogP contribution in [0.2, 0.25) is 10.0 Å². The second-order valence-electron chi connectivity index (χ2n) is 9.28. The van der Waals surface area contributed by atoms with E-state index in [1.807, 2.05) is 0 Å². The number of unbranched alkanes of at least 4 members (excludes halogenated alkanes) is 6. The van der Waals surface area contributed by atoms with E-state index in [-0.39, 0.29) is 0 Å². The average Bonchev–Trinajstić information content (AvgIpc) is 2.94. The molecule has 8 heteroatoms. The van der Waals surface area contributed by atoms with Gasteiger partial charge in [0.1, 0.15) is 6.17 Å². The van der Waals surface area contributed by atoms with Crippen molar-refractivity contribution in [3.63, 3.8) is 0 Å². The van der Waals surface area contributed by atoms with E-state index in [1.165, 1.54) is 32.1 Å². The highest BCUT2D eigenvalue weighted by Gasteiger charge is 2.21. The zero-order valence-corrected chi connectivity index (χ0v) is 24.0. The number of nitrogens with one attached hydrogen (secondary N) is 2. The van der Waals surface area contributed by atoms with Gasteiger partial charge in [0.2, 0.25) is 0 Å². The van der Waals surface area contributed by atoms with E-state index in [2.05, 4.69) is 17.6 Å². The molecule has 0 saturated heterocycles. The van der Waals surface area contributed by atoms with Crippen LogP contribution >= 0.6 is 23.2 Å². The molecule has 0 aliphatic heterocycles. The minimum Gasteiger partial charge on any atom is -0.493 e. The summed E-state index contributed by atoms with van der Waals surface area (Å²) in [6, 6.07) is 18.5. The third-order valence-electron chi connectivity index (χ3n) is 6.25. The first kappa shape index (κ1) is 30.3. The molecular formula is C31H36Cl2N2O4. The molecule has 0 aromatic heterocycles. The fourth-order valence-electron chi connectivity index (χ4n) is 4.12. The Morgan fingerprint density at radius 3 is 1.85 bits per heavy atom. The summed E-state index contributed by atoms with van der Waals surface area (Å²) in [7, 11) is 1.56. The molecule has 0 saturated carbocycles. The predicted molar refractivity (Wildman–Crippen MR) is 157 cm³/mol. The molecule has 2 N–H and O–H groups in total. The first-order valence-electron chi connectivity index (χ1n) is 13.3. The summed E-state index contributed by atoms with van der Waals surface area (Å²) < 4.78 is 11.6. The largest absolute Gasteiger partial charge is 0.493 e. The Morgan fingerprint density at radius 1 is 0.744 bits per heavy atom. The number of hydrogen-bond donors (Lipinski definition) is 2. The van der Waals surface area contributed by atoms with E-state index in [9.17, 15) is 9.59 Å². The maximum absolute atomic E-state index is 13.1. The molecule has 3 rings (SSSR count). The van der Waals surface area contributed by atoms with Crippen molar-refractivity contribution >= 4 is 35.0 Å². The normalized spacial score (nSPS) is 10.8.